The molecule has 6 heteroatoms. The first kappa shape index (κ1) is 25.4. The van der Waals surface area contributed by atoms with Gasteiger partial charge in [0.1, 0.15) is 0 Å². The maximum atomic E-state index is 10.0. The first-order valence-electron chi connectivity index (χ1n) is 8.44. The van der Waals surface area contributed by atoms with E-state index in [0.29, 0.717) is 12.4 Å². The molecule has 2 aromatic carbocycles. The minimum Gasteiger partial charge on any atom is -0.516 e. The van der Waals surface area contributed by atoms with Gasteiger partial charge in [0.15, 0.2) is 5.78 Å². The fraction of sp³-hybridized carbons (Fsp3) is 0.130. The summed E-state index contributed by atoms with van der Waals surface area (Å²) in [7, 11) is 0. The van der Waals surface area contributed by atoms with Crippen molar-refractivity contribution < 1.29 is 67.5 Å². The Bertz CT molecular complexity index is 986. The largest absolute Gasteiger partial charge is 0.516 e. The van der Waals surface area contributed by atoms with Crippen molar-refractivity contribution >= 4 is 5.78 Å². The van der Waals surface area contributed by atoms with Crippen LogP contribution in [-0.2, 0) is 64.2 Å². The number of carbonyl (C=O) groups is 1. The predicted octanol–water partition coefficient (Wildman–Crippen LogP) is 4.74. The summed E-state index contributed by atoms with van der Waals surface area (Å²) in [5.41, 5.74) is 4.79. The Hall–Kier alpha value is -1.65. The summed E-state index contributed by atoms with van der Waals surface area (Å²) >= 11 is 0. The van der Waals surface area contributed by atoms with Crippen molar-refractivity contribution in [3.63, 3.8) is 0 Å². The van der Waals surface area contributed by atoms with Gasteiger partial charge in [-0.1, -0.05) is 11.8 Å². The second-order valence-corrected chi connectivity index (χ2v) is 6.01. The van der Waals surface area contributed by atoms with Crippen molar-refractivity contribution in [2.45, 2.75) is 20.5 Å². The molecular weight excluding hydrogens is 619 g/mol. The monoisotopic (exact) mass is 638 g/mol. The molecule has 0 aliphatic carbocycles. The van der Waals surface area contributed by atoms with E-state index in [2.05, 4.69) is 23.2 Å². The number of aliphatic hydroxyl groups excluding tert-OH is 1. The Kier molecular flexibility index (Phi) is 10.6. The summed E-state index contributed by atoms with van der Waals surface area (Å²) in [6.07, 6.45) is 2.98. The molecule has 2 heterocycles. The number of allylic oxidation sites excluding steroid dienone is 2. The number of aliphatic hydroxyl groups is 1. The molecule has 29 heavy (non-hydrogen) atoms. The number of hydrogen-bond donors (Lipinski definition) is 1. The fourth-order valence-corrected chi connectivity index (χ4v) is 2.64. The minimum absolute atomic E-state index is 0. The molecule has 148 valence electrons. The standard InChI is InChI=1S/C18H10NO.C5H8O2.Ir.Y/c1-2-6-13(7-3-1)15-10-17-18(19-11-15)16-9-5-4-8-14(16)12-20-17;1-4(6)3-5(2)7;;/h1-6,8,11H,12H2;3,6H,1-2H3;;/q-3;;;/b;4-3-;;. The molecule has 0 saturated carbocycles. The molecule has 3 aromatic rings. The summed E-state index contributed by atoms with van der Waals surface area (Å²) < 4.78 is 5.76. The van der Waals surface area contributed by atoms with E-state index in [1.807, 2.05) is 48.7 Å². The van der Waals surface area contributed by atoms with Gasteiger partial charge in [-0.2, -0.15) is 24.3 Å². The zero-order valence-electron chi connectivity index (χ0n) is 16.0. The van der Waals surface area contributed by atoms with E-state index >= 15 is 0 Å². The molecule has 2 radical (unpaired) electrons. The summed E-state index contributed by atoms with van der Waals surface area (Å²) in [4.78, 5) is 14.5. The van der Waals surface area contributed by atoms with Crippen LogP contribution >= 0.6 is 0 Å². The van der Waals surface area contributed by atoms with Crippen LogP contribution in [0.2, 0.25) is 0 Å². The SMILES string of the molecule is CC(=O)/C=C(/C)O.[Ir].[Y].[c-]1ccccc1-c1[c-]c2c(nc1)-c1[c-]cccc1CO2. The van der Waals surface area contributed by atoms with Gasteiger partial charge in [-0.05, 0) is 13.8 Å². The zero-order valence-corrected chi connectivity index (χ0v) is 21.3. The Morgan fingerprint density at radius 3 is 2.52 bits per heavy atom. The first-order chi connectivity index (χ1) is 13.0. The van der Waals surface area contributed by atoms with E-state index in [9.17, 15) is 4.79 Å². The Morgan fingerprint density at radius 1 is 1.14 bits per heavy atom. The van der Waals surface area contributed by atoms with Gasteiger partial charge in [0.2, 0.25) is 0 Å². The first-order valence-corrected chi connectivity index (χ1v) is 8.44. The van der Waals surface area contributed by atoms with Crippen molar-refractivity contribution in [3.8, 4) is 28.1 Å². The van der Waals surface area contributed by atoms with E-state index in [0.717, 1.165) is 27.9 Å². The molecule has 0 bridgehead atoms. The van der Waals surface area contributed by atoms with Crippen LogP contribution in [0.4, 0.5) is 0 Å². The van der Waals surface area contributed by atoms with Crippen molar-refractivity contribution in [1.82, 2.24) is 4.98 Å². The van der Waals surface area contributed by atoms with Gasteiger partial charge in [-0.3, -0.25) is 4.79 Å². The predicted molar refractivity (Wildman–Crippen MR) is 103 cm³/mol. The second-order valence-electron chi connectivity index (χ2n) is 6.01. The van der Waals surface area contributed by atoms with Crippen LogP contribution in [0.3, 0.4) is 0 Å². The van der Waals surface area contributed by atoms with E-state index in [4.69, 9.17) is 9.84 Å². The number of benzene rings is 2. The van der Waals surface area contributed by atoms with E-state index in [1.165, 1.54) is 19.9 Å². The third kappa shape index (κ3) is 6.97. The number of pyridine rings is 1. The summed E-state index contributed by atoms with van der Waals surface area (Å²) in [5.74, 6) is 0.627. The Labute approximate surface area is 209 Å². The Balaban J connectivity index is 0.000000410. The molecular formula is C23H18IrNO3Y-3. The quantitative estimate of drug-likeness (QED) is 0.251. The molecule has 1 N–H and O–H groups in total. The van der Waals surface area contributed by atoms with Crippen molar-refractivity contribution in [1.29, 1.82) is 0 Å². The summed E-state index contributed by atoms with van der Waals surface area (Å²) in [5, 5.41) is 8.36. The van der Waals surface area contributed by atoms with Crippen LogP contribution < -0.4 is 4.74 Å². The molecule has 4 rings (SSSR count). The molecule has 0 fully saturated rings. The molecule has 0 spiro atoms. The number of hydrogen-bond acceptors (Lipinski definition) is 4. The smallest absolute Gasteiger partial charge is 0.155 e. The fourth-order valence-electron chi connectivity index (χ4n) is 2.64. The van der Waals surface area contributed by atoms with Crippen LogP contribution in [0.5, 0.6) is 5.75 Å². The summed E-state index contributed by atoms with van der Waals surface area (Å²) in [6.45, 7) is 3.39. The van der Waals surface area contributed by atoms with Gasteiger partial charge in [-0.25, -0.2) is 11.1 Å². The maximum Gasteiger partial charge on any atom is 0.155 e. The number of ether oxygens (including phenoxy) is 1. The molecule has 1 aliphatic rings. The van der Waals surface area contributed by atoms with E-state index in [1.54, 1.807) is 0 Å². The van der Waals surface area contributed by atoms with Crippen LogP contribution in [0, 0.1) is 18.2 Å². The average molecular weight is 638 g/mol. The van der Waals surface area contributed by atoms with Crippen LogP contribution in [0.15, 0.2) is 60.5 Å². The average Bonchev–Trinajstić information content (AvgIpc) is 2.67. The number of nitrogens with zero attached hydrogens (tertiary/aromatic N) is 1. The third-order valence-corrected chi connectivity index (χ3v) is 3.75. The Morgan fingerprint density at radius 2 is 1.90 bits per heavy atom. The van der Waals surface area contributed by atoms with E-state index < -0.39 is 0 Å². The number of ketones is 1. The molecule has 0 unspecified atom stereocenters. The molecule has 0 atom stereocenters. The molecule has 4 nitrogen and oxygen atoms in total. The number of fused-ring (bicyclic) bond motifs is 3. The van der Waals surface area contributed by atoms with Crippen molar-refractivity contribution in [2.75, 3.05) is 0 Å². The van der Waals surface area contributed by atoms with Gasteiger partial charge in [0, 0.05) is 64.6 Å². The second kappa shape index (κ2) is 12.1. The molecule has 1 aromatic heterocycles. The summed E-state index contributed by atoms with van der Waals surface area (Å²) in [6, 6.07) is 23.4. The van der Waals surface area contributed by atoms with Crippen LogP contribution in [0.1, 0.15) is 19.4 Å². The van der Waals surface area contributed by atoms with Crippen LogP contribution in [0.25, 0.3) is 22.4 Å². The minimum atomic E-state index is -0.125. The topological polar surface area (TPSA) is 59.4 Å². The maximum absolute atomic E-state index is 10.0. The molecule has 0 amide bonds. The van der Waals surface area contributed by atoms with Gasteiger partial charge in [0.05, 0.1) is 18.1 Å². The normalized spacial score (nSPS) is 11.2. The van der Waals surface area contributed by atoms with E-state index in [-0.39, 0.29) is 64.4 Å². The number of aromatic nitrogens is 1. The third-order valence-electron chi connectivity index (χ3n) is 3.75. The van der Waals surface area contributed by atoms with Crippen molar-refractivity contribution in [3.05, 3.63) is 84.3 Å². The van der Waals surface area contributed by atoms with Gasteiger partial charge in [-0.15, -0.1) is 42.0 Å². The number of rotatable bonds is 2. The molecule has 1 aliphatic heterocycles. The van der Waals surface area contributed by atoms with Crippen molar-refractivity contribution in [2.24, 2.45) is 0 Å². The van der Waals surface area contributed by atoms with Gasteiger partial charge >= 0.3 is 0 Å². The van der Waals surface area contributed by atoms with Crippen LogP contribution in [-0.4, -0.2) is 15.9 Å². The van der Waals surface area contributed by atoms with Gasteiger partial charge < -0.3 is 14.8 Å². The number of carbonyl (C=O) groups excluding carboxylic acids is 1. The zero-order chi connectivity index (χ0) is 19.2. The van der Waals surface area contributed by atoms with Gasteiger partial charge in [0.25, 0.3) is 0 Å². The molecule has 0 saturated heterocycles.